The van der Waals surface area contributed by atoms with Gasteiger partial charge in [0.1, 0.15) is 17.4 Å². The molecule has 2 aromatic rings. The largest absolute Gasteiger partial charge is 0.484 e. The number of benzene rings is 2. The molecule has 8 heteroatoms. The van der Waals surface area contributed by atoms with Crippen LogP contribution in [-0.2, 0) is 15.0 Å². The Kier molecular flexibility index (Phi) is 4.91. The van der Waals surface area contributed by atoms with Crippen molar-refractivity contribution in [3.05, 3.63) is 58.6 Å². The van der Waals surface area contributed by atoms with Crippen LogP contribution in [-0.4, -0.2) is 24.0 Å². The molecule has 3 aliphatic carbocycles. The number of hydrogen-bond acceptors (Lipinski definition) is 3. The smallest absolute Gasteiger partial charge is 0.300 e. The number of carbonyl (C=O) groups excluding carboxylic acids is 2. The van der Waals surface area contributed by atoms with Gasteiger partial charge in [0.15, 0.2) is 6.61 Å². The summed E-state index contributed by atoms with van der Waals surface area (Å²) in [5, 5.41) is 5.24. The molecule has 0 heterocycles. The van der Waals surface area contributed by atoms with E-state index in [1.165, 1.54) is 18.2 Å². The van der Waals surface area contributed by atoms with E-state index in [4.69, 9.17) is 22.8 Å². The first kappa shape index (κ1) is 20.2. The Hall–Kier alpha value is -3.11. The molecule has 0 radical (unpaired) electrons. The minimum atomic E-state index is -0.715. The van der Waals surface area contributed by atoms with Crippen molar-refractivity contribution in [2.75, 3.05) is 11.9 Å². The minimum absolute atomic E-state index is 0.0267. The monoisotopic (exact) mass is 430 g/mol. The van der Waals surface area contributed by atoms with Crippen molar-refractivity contribution in [2.24, 2.45) is 0 Å². The first-order valence-corrected chi connectivity index (χ1v) is 9.59. The minimum Gasteiger partial charge on any atom is -0.484 e. The highest BCUT2D eigenvalue weighted by Gasteiger charge is 2.69. The topological polar surface area (TPSA) is 67.4 Å². The number of amides is 2. The molecule has 3 fully saturated rings. The van der Waals surface area contributed by atoms with E-state index in [-0.39, 0.29) is 34.4 Å². The third-order valence-corrected chi connectivity index (χ3v) is 5.95. The van der Waals surface area contributed by atoms with Gasteiger partial charge in [-0.15, -0.1) is 6.42 Å². The third-order valence-electron chi connectivity index (χ3n) is 5.65. The van der Waals surface area contributed by atoms with E-state index in [0.29, 0.717) is 24.8 Å². The van der Waals surface area contributed by atoms with Gasteiger partial charge in [-0.2, -0.15) is 0 Å². The predicted octanol–water partition coefficient (Wildman–Crippen LogP) is 3.56. The normalized spacial score (nSPS) is 23.4. The van der Waals surface area contributed by atoms with E-state index < -0.39 is 23.1 Å². The fraction of sp³-hybridized carbons (Fsp3) is 0.273. The maximum absolute atomic E-state index is 14.8. The van der Waals surface area contributed by atoms with Crippen molar-refractivity contribution < 1.29 is 23.1 Å². The highest BCUT2D eigenvalue weighted by Crippen LogP contribution is 2.68. The van der Waals surface area contributed by atoms with Crippen molar-refractivity contribution >= 4 is 29.1 Å². The molecule has 3 aliphatic rings. The van der Waals surface area contributed by atoms with Crippen LogP contribution in [0.1, 0.15) is 24.8 Å². The predicted molar refractivity (Wildman–Crippen MR) is 107 cm³/mol. The van der Waals surface area contributed by atoms with Gasteiger partial charge in [0, 0.05) is 17.0 Å². The molecule has 2 bridgehead atoms. The molecule has 3 saturated carbocycles. The summed E-state index contributed by atoms with van der Waals surface area (Å²) in [5.41, 5.74) is -0.215. The van der Waals surface area contributed by atoms with Crippen molar-refractivity contribution in [1.82, 2.24) is 5.32 Å². The Bertz CT molecular complexity index is 1080. The van der Waals surface area contributed by atoms with Crippen LogP contribution in [0.4, 0.5) is 14.5 Å². The number of halogens is 3. The third kappa shape index (κ3) is 3.48. The molecule has 0 saturated heterocycles. The second-order valence-electron chi connectivity index (χ2n) is 7.77. The number of carbonyl (C=O) groups is 2. The summed E-state index contributed by atoms with van der Waals surface area (Å²) in [5.74, 6) is -0.0923. The number of hydrogen-bond donors (Lipinski definition) is 2. The molecule has 30 heavy (non-hydrogen) atoms. The van der Waals surface area contributed by atoms with E-state index in [9.17, 15) is 18.4 Å². The summed E-state index contributed by atoms with van der Waals surface area (Å²) in [4.78, 5) is 23.6. The zero-order chi connectivity index (χ0) is 21.5. The van der Waals surface area contributed by atoms with E-state index in [1.54, 1.807) is 12.1 Å². The fourth-order valence-electron chi connectivity index (χ4n) is 4.45. The molecule has 2 aromatic carbocycles. The molecule has 5 nitrogen and oxygen atoms in total. The van der Waals surface area contributed by atoms with Crippen molar-refractivity contribution in [3.63, 3.8) is 0 Å². The molecule has 154 valence electrons. The molecule has 2 N–H and O–H groups in total. The standard InChI is InChI=1S/C22H17ClF2N2O3/c1-2-18(28)26-17-5-3-4-14(20(17)25)21-10-22(11-21,12-21)27-19(29)9-30-13-6-7-15(23)16(24)8-13/h1,3-8H,9-12H2,(H,26,28)(H,27,29). The number of terminal acetylenes is 1. The molecule has 0 unspecified atom stereocenters. The van der Waals surface area contributed by atoms with Gasteiger partial charge in [0.05, 0.1) is 10.7 Å². The van der Waals surface area contributed by atoms with E-state index in [2.05, 4.69) is 10.6 Å². The zero-order valence-corrected chi connectivity index (χ0v) is 16.5. The first-order valence-electron chi connectivity index (χ1n) is 9.21. The van der Waals surface area contributed by atoms with Crippen LogP contribution in [0.3, 0.4) is 0 Å². The van der Waals surface area contributed by atoms with E-state index >= 15 is 0 Å². The Morgan fingerprint density at radius 1 is 1.20 bits per heavy atom. The molecular weight excluding hydrogens is 414 g/mol. The lowest BCUT2D eigenvalue weighted by atomic mass is 9.37. The maximum atomic E-state index is 14.8. The van der Waals surface area contributed by atoms with E-state index in [0.717, 1.165) is 6.07 Å². The van der Waals surface area contributed by atoms with E-state index in [1.807, 2.05) is 5.92 Å². The zero-order valence-electron chi connectivity index (χ0n) is 15.7. The van der Waals surface area contributed by atoms with Crippen LogP contribution in [0.2, 0.25) is 5.02 Å². The molecule has 0 aliphatic heterocycles. The van der Waals surface area contributed by atoms with Crippen molar-refractivity contribution in [1.29, 1.82) is 0 Å². The Morgan fingerprint density at radius 3 is 2.60 bits per heavy atom. The van der Waals surface area contributed by atoms with Gasteiger partial charge >= 0.3 is 0 Å². The number of rotatable bonds is 6. The lowest BCUT2D eigenvalue weighted by Gasteiger charge is -2.70. The molecule has 2 amide bonds. The van der Waals surface area contributed by atoms with Gasteiger partial charge in [0.2, 0.25) is 0 Å². The van der Waals surface area contributed by atoms with Gasteiger partial charge in [-0.1, -0.05) is 23.7 Å². The van der Waals surface area contributed by atoms with Gasteiger partial charge in [0.25, 0.3) is 11.8 Å². The summed E-state index contributed by atoms with van der Waals surface area (Å²) < 4.78 is 33.6. The Labute approximate surface area is 176 Å². The van der Waals surface area contributed by atoms with Gasteiger partial charge < -0.3 is 15.4 Å². The Morgan fingerprint density at radius 2 is 1.93 bits per heavy atom. The summed E-state index contributed by atoms with van der Waals surface area (Å²) >= 11 is 5.61. The van der Waals surface area contributed by atoms with Gasteiger partial charge in [-0.3, -0.25) is 9.59 Å². The Balaban J connectivity index is 1.34. The first-order chi connectivity index (χ1) is 14.3. The SMILES string of the molecule is C#CC(=O)Nc1cccc(C23CC(NC(=O)COc4ccc(Cl)c(F)c4)(C2)C3)c1F. The van der Waals surface area contributed by atoms with Crippen LogP contribution >= 0.6 is 11.6 Å². The molecule has 5 rings (SSSR count). The van der Waals surface area contributed by atoms with Crippen molar-refractivity contribution in [3.8, 4) is 18.1 Å². The van der Waals surface area contributed by atoms with Crippen LogP contribution in [0, 0.1) is 24.0 Å². The second kappa shape index (κ2) is 7.29. The highest BCUT2D eigenvalue weighted by atomic mass is 35.5. The van der Waals surface area contributed by atoms with Gasteiger partial charge in [-0.05, 0) is 48.9 Å². The number of nitrogens with one attached hydrogen (secondary N) is 2. The molecular formula is C22H17ClF2N2O3. The van der Waals surface area contributed by atoms with Crippen LogP contribution in [0.15, 0.2) is 36.4 Å². The summed E-state index contributed by atoms with van der Waals surface area (Å²) in [6.45, 7) is -0.266. The van der Waals surface area contributed by atoms with Crippen LogP contribution < -0.4 is 15.4 Å². The average Bonchev–Trinajstić information content (AvgIpc) is 2.66. The lowest BCUT2D eigenvalue weighted by Crippen LogP contribution is -2.77. The van der Waals surface area contributed by atoms with Gasteiger partial charge in [-0.25, -0.2) is 8.78 Å². The second-order valence-corrected chi connectivity index (χ2v) is 8.18. The van der Waals surface area contributed by atoms with Crippen molar-refractivity contribution in [2.45, 2.75) is 30.2 Å². The summed E-state index contributed by atoms with van der Waals surface area (Å²) in [7, 11) is 0. The lowest BCUT2D eigenvalue weighted by molar-refractivity contribution is -0.140. The number of ether oxygens (including phenoxy) is 1. The molecule has 0 spiro atoms. The highest BCUT2D eigenvalue weighted by molar-refractivity contribution is 6.30. The van der Waals surface area contributed by atoms with Crippen LogP contribution in [0.5, 0.6) is 5.75 Å². The average molecular weight is 431 g/mol. The quantitative estimate of drug-likeness (QED) is 0.689. The summed E-state index contributed by atoms with van der Waals surface area (Å²) in [6.07, 6.45) is 6.78. The summed E-state index contributed by atoms with van der Waals surface area (Å²) in [6, 6.07) is 8.74. The van der Waals surface area contributed by atoms with Crippen LogP contribution in [0.25, 0.3) is 0 Å². The number of anilines is 1. The molecule has 0 aromatic heterocycles. The fourth-order valence-corrected chi connectivity index (χ4v) is 4.57. The maximum Gasteiger partial charge on any atom is 0.300 e. The molecule has 0 atom stereocenters.